The maximum atomic E-state index is 12.0. The molecule has 0 unspecified atom stereocenters. The molecule has 98 valence electrons. The zero-order valence-corrected chi connectivity index (χ0v) is 12.3. The van der Waals surface area contributed by atoms with Crippen LogP contribution in [-0.2, 0) is 6.42 Å². The lowest BCUT2D eigenvalue weighted by molar-refractivity contribution is 0.0954. The molecule has 1 aromatic carbocycles. The fraction of sp³-hybridized carbons (Fsp3) is 0.200. The van der Waals surface area contributed by atoms with Crippen molar-refractivity contribution in [2.24, 2.45) is 0 Å². The van der Waals surface area contributed by atoms with Crippen LogP contribution in [0, 0.1) is 6.92 Å². The van der Waals surface area contributed by atoms with Crippen molar-refractivity contribution in [2.45, 2.75) is 13.3 Å². The molecule has 0 saturated heterocycles. The number of rotatable bonds is 4. The largest absolute Gasteiger partial charge is 0.352 e. The zero-order valence-electron chi connectivity index (χ0n) is 10.7. The van der Waals surface area contributed by atoms with E-state index < -0.39 is 0 Å². The molecular weight excluding hydrogens is 304 g/mol. The van der Waals surface area contributed by atoms with E-state index in [2.05, 4.69) is 26.2 Å². The molecule has 3 nitrogen and oxygen atoms in total. The van der Waals surface area contributed by atoms with Crippen LogP contribution in [0.1, 0.15) is 21.6 Å². The molecule has 4 heteroatoms. The van der Waals surface area contributed by atoms with Crippen LogP contribution in [0.15, 0.2) is 47.1 Å². The Balaban J connectivity index is 1.89. The lowest BCUT2D eigenvalue weighted by Gasteiger charge is -2.06. The molecule has 1 amide bonds. The summed E-state index contributed by atoms with van der Waals surface area (Å²) in [6.07, 6.45) is 2.50. The Hall–Kier alpha value is -1.68. The summed E-state index contributed by atoms with van der Waals surface area (Å²) >= 11 is 3.42. The quantitative estimate of drug-likeness (QED) is 0.941. The van der Waals surface area contributed by atoms with Crippen LogP contribution in [-0.4, -0.2) is 17.4 Å². The third-order valence-corrected chi connectivity index (χ3v) is 3.70. The molecule has 0 radical (unpaired) electrons. The Morgan fingerprint density at radius 1 is 1.32 bits per heavy atom. The molecule has 0 fully saturated rings. The number of amides is 1. The predicted molar refractivity (Wildman–Crippen MR) is 79.2 cm³/mol. The molecule has 0 bridgehead atoms. The van der Waals surface area contributed by atoms with Gasteiger partial charge in [0.2, 0.25) is 0 Å². The zero-order chi connectivity index (χ0) is 13.7. The number of pyridine rings is 1. The fourth-order valence-corrected chi connectivity index (χ4v) is 1.98. The van der Waals surface area contributed by atoms with E-state index in [0.717, 1.165) is 22.2 Å². The van der Waals surface area contributed by atoms with Crippen LogP contribution in [0.3, 0.4) is 0 Å². The Bertz CT molecular complexity index is 570. The van der Waals surface area contributed by atoms with Gasteiger partial charge in [-0.2, -0.15) is 0 Å². The first-order valence-corrected chi connectivity index (χ1v) is 6.90. The van der Waals surface area contributed by atoms with Crippen LogP contribution < -0.4 is 5.32 Å². The van der Waals surface area contributed by atoms with Crippen molar-refractivity contribution in [3.63, 3.8) is 0 Å². The lowest BCUT2D eigenvalue weighted by atomic mass is 10.1. The van der Waals surface area contributed by atoms with E-state index >= 15 is 0 Å². The summed E-state index contributed by atoms with van der Waals surface area (Å²) in [6, 6.07) is 11.4. The normalized spacial score (nSPS) is 10.2. The average Bonchev–Trinajstić information content (AvgIpc) is 2.43. The van der Waals surface area contributed by atoms with Crippen LogP contribution in [0.5, 0.6) is 0 Å². The van der Waals surface area contributed by atoms with Gasteiger partial charge in [-0.3, -0.25) is 9.78 Å². The Kier molecular flexibility index (Phi) is 4.68. The van der Waals surface area contributed by atoms with Crippen molar-refractivity contribution in [3.05, 3.63) is 63.9 Å². The number of carbonyl (C=O) groups is 1. The number of nitrogens with one attached hydrogen (secondary N) is 1. The maximum Gasteiger partial charge on any atom is 0.251 e. The molecule has 1 N–H and O–H groups in total. The average molecular weight is 319 g/mol. The van der Waals surface area contributed by atoms with Crippen molar-refractivity contribution in [2.75, 3.05) is 6.54 Å². The highest BCUT2D eigenvalue weighted by atomic mass is 79.9. The monoisotopic (exact) mass is 318 g/mol. The Morgan fingerprint density at radius 3 is 2.84 bits per heavy atom. The second-order valence-electron chi connectivity index (χ2n) is 4.29. The van der Waals surface area contributed by atoms with Crippen LogP contribution in [0.25, 0.3) is 0 Å². The van der Waals surface area contributed by atoms with Crippen molar-refractivity contribution in [3.8, 4) is 0 Å². The van der Waals surface area contributed by atoms with Gasteiger partial charge in [-0.05, 0) is 42.8 Å². The van der Waals surface area contributed by atoms with Crippen LogP contribution >= 0.6 is 15.9 Å². The minimum atomic E-state index is -0.0495. The minimum absolute atomic E-state index is 0.0495. The number of carbonyl (C=O) groups excluding carboxylic acids is 1. The van der Waals surface area contributed by atoms with Gasteiger partial charge >= 0.3 is 0 Å². The van der Waals surface area contributed by atoms with E-state index in [1.54, 1.807) is 6.20 Å². The summed E-state index contributed by atoms with van der Waals surface area (Å²) in [7, 11) is 0. The van der Waals surface area contributed by atoms with Crippen molar-refractivity contribution >= 4 is 21.8 Å². The van der Waals surface area contributed by atoms with E-state index in [1.807, 2.05) is 43.3 Å². The molecule has 1 heterocycles. The molecule has 0 spiro atoms. The molecule has 0 atom stereocenters. The molecule has 0 saturated carbocycles. The summed E-state index contributed by atoms with van der Waals surface area (Å²) < 4.78 is 1.01. The maximum absolute atomic E-state index is 12.0. The van der Waals surface area contributed by atoms with Crippen molar-refractivity contribution < 1.29 is 4.79 Å². The third-order valence-electron chi connectivity index (χ3n) is 2.81. The van der Waals surface area contributed by atoms with Crippen LogP contribution in [0.2, 0.25) is 0 Å². The Labute approximate surface area is 121 Å². The molecule has 1 aromatic heterocycles. The van der Waals surface area contributed by atoms with Gasteiger partial charge in [0, 0.05) is 34.9 Å². The highest BCUT2D eigenvalue weighted by molar-refractivity contribution is 9.10. The number of hydrogen-bond acceptors (Lipinski definition) is 2. The number of hydrogen-bond donors (Lipinski definition) is 1. The smallest absolute Gasteiger partial charge is 0.251 e. The molecule has 0 aliphatic rings. The summed E-state index contributed by atoms with van der Waals surface area (Å²) in [5, 5.41) is 2.90. The molecule has 19 heavy (non-hydrogen) atoms. The van der Waals surface area contributed by atoms with Crippen molar-refractivity contribution in [1.29, 1.82) is 0 Å². The SMILES string of the molecule is Cc1cc(C(=O)NCCc2ccccn2)ccc1Br. The summed E-state index contributed by atoms with van der Waals surface area (Å²) in [5.74, 6) is -0.0495. The summed E-state index contributed by atoms with van der Waals surface area (Å²) in [4.78, 5) is 16.2. The van der Waals surface area contributed by atoms with Gasteiger partial charge in [0.1, 0.15) is 0 Å². The van der Waals surface area contributed by atoms with Gasteiger partial charge < -0.3 is 5.32 Å². The summed E-state index contributed by atoms with van der Waals surface area (Å²) in [6.45, 7) is 2.56. The van der Waals surface area contributed by atoms with Gasteiger partial charge in [-0.1, -0.05) is 22.0 Å². The lowest BCUT2D eigenvalue weighted by Crippen LogP contribution is -2.25. The molecule has 0 aliphatic carbocycles. The molecule has 0 aliphatic heterocycles. The number of aryl methyl sites for hydroxylation is 1. The van der Waals surface area contributed by atoms with Gasteiger partial charge in [0.25, 0.3) is 5.91 Å². The van der Waals surface area contributed by atoms with Crippen LogP contribution in [0.4, 0.5) is 0 Å². The van der Waals surface area contributed by atoms with E-state index in [0.29, 0.717) is 12.1 Å². The van der Waals surface area contributed by atoms with E-state index in [1.165, 1.54) is 0 Å². The van der Waals surface area contributed by atoms with Gasteiger partial charge in [-0.15, -0.1) is 0 Å². The Morgan fingerprint density at radius 2 is 2.16 bits per heavy atom. The van der Waals surface area contributed by atoms with Gasteiger partial charge in [-0.25, -0.2) is 0 Å². The van der Waals surface area contributed by atoms with E-state index in [-0.39, 0.29) is 5.91 Å². The first kappa shape index (κ1) is 13.7. The predicted octanol–water partition coefficient (Wildman–Crippen LogP) is 3.13. The number of aromatic nitrogens is 1. The minimum Gasteiger partial charge on any atom is -0.352 e. The third kappa shape index (κ3) is 3.89. The molecular formula is C15H15BrN2O. The number of halogens is 1. The summed E-state index contributed by atoms with van der Waals surface area (Å²) in [5.41, 5.74) is 2.72. The van der Waals surface area contributed by atoms with Gasteiger partial charge in [0.05, 0.1) is 0 Å². The first-order valence-electron chi connectivity index (χ1n) is 6.11. The standard InChI is InChI=1S/C15H15BrN2O/c1-11-10-12(5-6-14(11)16)15(19)18-9-7-13-4-2-3-8-17-13/h2-6,8,10H,7,9H2,1H3,(H,18,19). The first-order chi connectivity index (χ1) is 9.16. The second kappa shape index (κ2) is 6.48. The fourth-order valence-electron chi connectivity index (χ4n) is 1.74. The molecule has 2 rings (SSSR count). The number of benzene rings is 1. The van der Waals surface area contributed by atoms with Gasteiger partial charge in [0.15, 0.2) is 0 Å². The van der Waals surface area contributed by atoms with Crippen molar-refractivity contribution in [1.82, 2.24) is 10.3 Å². The second-order valence-corrected chi connectivity index (χ2v) is 5.15. The van der Waals surface area contributed by atoms with E-state index in [4.69, 9.17) is 0 Å². The highest BCUT2D eigenvalue weighted by Gasteiger charge is 2.06. The van der Waals surface area contributed by atoms with E-state index in [9.17, 15) is 4.79 Å². The number of nitrogens with zero attached hydrogens (tertiary/aromatic N) is 1. The topological polar surface area (TPSA) is 42.0 Å². The molecule has 2 aromatic rings. The highest BCUT2D eigenvalue weighted by Crippen LogP contribution is 2.16.